The van der Waals surface area contributed by atoms with Gasteiger partial charge >= 0.3 is 0 Å². The van der Waals surface area contributed by atoms with Crippen LogP contribution >= 0.6 is 11.8 Å². The van der Waals surface area contributed by atoms with E-state index in [0.29, 0.717) is 13.2 Å². The fraction of sp³-hybridized carbons (Fsp3) is 0.923. The Morgan fingerprint density at radius 3 is 2.61 bits per heavy atom. The molecule has 0 spiro atoms. The molecule has 4 nitrogen and oxygen atoms in total. The summed E-state index contributed by atoms with van der Waals surface area (Å²) in [6.07, 6.45) is 7.12. The third kappa shape index (κ3) is 10.9. The van der Waals surface area contributed by atoms with Gasteiger partial charge in [-0.15, -0.1) is 0 Å². The summed E-state index contributed by atoms with van der Waals surface area (Å²) in [5.74, 6) is 1.31. The molecule has 0 saturated heterocycles. The van der Waals surface area contributed by atoms with Gasteiger partial charge in [-0.2, -0.15) is 11.8 Å². The van der Waals surface area contributed by atoms with Crippen molar-refractivity contribution in [3.05, 3.63) is 0 Å². The zero-order valence-corrected chi connectivity index (χ0v) is 12.8. The second-order valence-electron chi connectivity index (χ2n) is 4.37. The van der Waals surface area contributed by atoms with Crippen LogP contribution in [0.4, 0.5) is 0 Å². The van der Waals surface area contributed by atoms with Crippen LogP contribution in [0.3, 0.4) is 0 Å². The first kappa shape index (κ1) is 17.7. The molecule has 18 heavy (non-hydrogen) atoms. The standard InChI is InChI=1S/C13H28N2O2S/c1-12(13(16)15-9-10-17-2)14-8-6-4-5-7-11-18-3/h12,14H,4-11H2,1-3H3,(H,15,16). The average molecular weight is 276 g/mol. The van der Waals surface area contributed by atoms with Crippen molar-refractivity contribution in [1.82, 2.24) is 10.6 Å². The van der Waals surface area contributed by atoms with E-state index in [0.717, 1.165) is 13.0 Å². The van der Waals surface area contributed by atoms with Crippen LogP contribution in [0.1, 0.15) is 32.6 Å². The lowest BCUT2D eigenvalue weighted by molar-refractivity contribution is -0.122. The lowest BCUT2D eigenvalue weighted by Crippen LogP contribution is -2.43. The summed E-state index contributed by atoms with van der Waals surface area (Å²) in [5.41, 5.74) is 0. The lowest BCUT2D eigenvalue weighted by atomic mass is 10.2. The third-order valence-electron chi connectivity index (χ3n) is 2.72. The Bertz CT molecular complexity index is 203. The topological polar surface area (TPSA) is 50.4 Å². The van der Waals surface area contributed by atoms with Gasteiger partial charge in [0.2, 0.25) is 5.91 Å². The maximum Gasteiger partial charge on any atom is 0.236 e. The Labute approximate surface area is 116 Å². The predicted molar refractivity (Wildman–Crippen MR) is 79.2 cm³/mol. The third-order valence-corrected chi connectivity index (χ3v) is 3.42. The summed E-state index contributed by atoms with van der Waals surface area (Å²) in [6, 6.07) is -0.118. The van der Waals surface area contributed by atoms with Gasteiger partial charge in [-0.3, -0.25) is 4.79 Å². The number of methoxy groups -OCH3 is 1. The molecule has 1 atom stereocenters. The Morgan fingerprint density at radius 1 is 1.22 bits per heavy atom. The highest BCUT2D eigenvalue weighted by atomic mass is 32.2. The second kappa shape index (κ2) is 13.2. The van der Waals surface area contributed by atoms with Gasteiger partial charge in [0, 0.05) is 13.7 Å². The van der Waals surface area contributed by atoms with E-state index in [9.17, 15) is 4.79 Å². The Kier molecular flexibility index (Phi) is 13.0. The van der Waals surface area contributed by atoms with Crippen LogP contribution < -0.4 is 10.6 Å². The second-order valence-corrected chi connectivity index (χ2v) is 5.35. The van der Waals surface area contributed by atoms with Gasteiger partial charge in [0.25, 0.3) is 0 Å². The first-order chi connectivity index (χ1) is 8.72. The molecule has 0 aromatic heterocycles. The number of rotatable bonds is 12. The number of unbranched alkanes of at least 4 members (excludes halogenated alkanes) is 3. The van der Waals surface area contributed by atoms with Gasteiger partial charge < -0.3 is 15.4 Å². The van der Waals surface area contributed by atoms with Gasteiger partial charge in [0.1, 0.15) is 0 Å². The Hall–Kier alpha value is -0.260. The number of thioether (sulfide) groups is 1. The Morgan fingerprint density at radius 2 is 1.94 bits per heavy atom. The fourth-order valence-corrected chi connectivity index (χ4v) is 2.06. The van der Waals surface area contributed by atoms with Crippen molar-refractivity contribution in [2.24, 2.45) is 0 Å². The number of ether oxygens (including phenoxy) is 1. The molecule has 0 heterocycles. The monoisotopic (exact) mass is 276 g/mol. The number of hydrogen-bond donors (Lipinski definition) is 2. The van der Waals surface area contributed by atoms with Crippen LogP contribution in [0, 0.1) is 0 Å². The average Bonchev–Trinajstić information content (AvgIpc) is 2.37. The van der Waals surface area contributed by atoms with Crippen LogP contribution in [-0.4, -0.2) is 50.8 Å². The maximum absolute atomic E-state index is 11.6. The molecule has 0 aliphatic rings. The number of carbonyl (C=O) groups excluding carboxylic acids is 1. The van der Waals surface area contributed by atoms with Crippen molar-refractivity contribution in [1.29, 1.82) is 0 Å². The number of hydrogen-bond acceptors (Lipinski definition) is 4. The van der Waals surface area contributed by atoms with Crippen LogP contribution in [0.15, 0.2) is 0 Å². The number of amides is 1. The van der Waals surface area contributed by atoms with E-state index in [4.69, 9.17) is 4.74 Å². The number of carbonyl (C=O) groups is 1. The summed E-state index contributed by atoms with van der Waals surface area (Å²) in [5, 5.41) is 6.07. The molecule has 108 valence electrons. The summed E-state index contributed by atoms with van der Waals surface area (Å²) in [6.45, 7) is 3.96. The van der Waals surface area contributed by atoms with E-state index < -0.39 is 0 Å². The molecule has 0 fully saturated rings. The Balaban J connectivity index is 3.34. The molecular formula is C13H28N2O2S. The molecule has 0 bridgehead atoms. The number of nitrogens with one attached hydrogen (secondary N) is 2. The minimum absolute atomic E-state index is 0.0504. The van der Waals surface area contributed by atoms with Crippen LogP contribution in [0.2, 0.25) is 0 Å². The van der Waals surface area contributed by atoms with Crippen molar-refractivity contribution < 1.29 is 9.53 Å². The quantitative estimate of drug-likeness (QED) is 0.532. The minimum Gasteiger partial charge on any atom is -0.383 e. The highest BCUT2D eigenvalue weighted by Crippen LogP contribution is 2.03. The van der Waals surface area contributed by atoms with E-state index in [1.165, 1.54) is 25.0 Å². The van der Waals surface area contributed by atoms with E-state index in [-0.39, 0.29) is 11.9 Å². The van der Waals surface area contributed by atoms with Gasteiger partial charge in [0.15, 0.2) is 0 Å². The molecule has 0 aliphatic heterocycles. The van der Waals surface area contributed by atoms with Crippen molar-refractivity contribution in [2.45, 2.75) is 38.6 Å². The van der Waals surface area contributed by atoms with E-state index in [1.54, 1.807) is 7.11 Å². The van der Waals surface area contributed by atoms with E-state index in [1.807, 2.05) is 18.7 Å². The highest BCUT2D eigenvalue weighted by Gasteiger charge is 2.10. The van der Waals surface area contributed by atoms with Gasteiger partial charge in [-0.05, 0) is 38.3 Å². The fourth-order valence-electron chi connectivity index (χ4n) is 1.57. The summed E-state index contributed by atoms with van der Waals surface area (Å²) >= 11 is 1.90. The molecular weight excluding hydrogens is 248 g/mol. The molecule has 0 rings (SSSR count). The zero-order valence-electron chi connectivity index (χ0n) is 12.0. The van der Waals surface area contributed by atoms with E-state index in [2.05, 4.69) is 16.9 Å². The van der Waals surface area contributed by atoms with E-state index >= 15 is 0 Å². The SMILES string of the molecule is COCCNC(=O)C(C)NCCCCCCSC. The largest absolute Gasteiger partial charge is 0.383 e. The molecule has 1 amide bonds. The molecule has 0 radical (unpaired) electrons. The first-order valence-corrected chi connectivity index (χ1v) is 8.10. The molecule has 0 aromatic carbocycles. The van der Waals surface area contributed by atoms with Crippen molar-refractivity contribution in [3.63, 3.8) is 0 Å². The first-order valence-electron chi connectivity index (χ1n) is 6.71. The summed E-state index contributed by atoms with van der Waals surface area (Å²) < 4.78 is 4.88. The molecule has 2 N–H and O–H groups in total. The summed E-state index contributed by atoms with van der Waals surface area (Å²) in [4.78, 5) is 11.6. The molecule has 5 heteroatoms. The zero-order chi connectivity index (χ0) is 13.6. The molecule has 0 aromatic rings. The van der Waals surface area contributed by atoms with Crippen molar-refractivity contribution in [3.8, 4) is 0 Å². The van der Waals surface area contributed by atoms with Gasteiger partial charge in [0.05, 0.1) is 12.6 Å². The molecule has 1 unspecified atom stereocenters. The highest BCUT2D eigenvalue weighted by molar-refractivity contribution is 7.98. The lowest BCUT2D eigenvalue weighted by Gasteiger charge is -2.13. The summed E-state index contributed by atoms with van der Waals surface area (Å²) in [7, 11) is 1.63. The van der Waals surface area contributed by atoms with Gasteiger partial charge in [-0.25, -0.2) is 0 Å². The van der Waals surface area contributed by atoms with Crippen LogP contribution in [-0.2, 0) is 9.53 Å². The normalized spacial score (nSPS) is 12.4. The molecule has 0 saturated carbocycles. The predicted octanol–water partition coefficient (Wildman–Crippen LogP) is 1.65. The van der Waals surface area contributed by atoms with Crippen LogP contribution in [0.25, 0.3) is 0 Å². The minimum atomic E-state index is -0.118. The van der Waals surface area contributed by atoms with Crippen LogP contribution in [0.5, 0.6) is 0 Å². The van der Waals surface area contributed by atoms with Crippen molar-refractivity contribution in [2.75, 3.05) is 38.8 Å². The maximum atomic E-state index is 11.6. The van der Waals surface area contributed by atoms with Gasteiger partial charge in [-0.1, -0.05) is 12.8 Å². The smallest absolute Gasteiger partial charge is 0.236 e. The van der Waals surface area contributed by atoms with Crippen molar-refractivity contribution >= 4 is 17.7 Å². The molecule has 0 aliphatic carbocycles.